The van der Waals surface area contributed by atoms with Gasteiger partial charge in [-0.3, -0.25) is 9.36 Å². The second-order valence-corrected chi connectivity index (χ2v) is 6.78. The second kappa shape index (κ2) is 8.35. The van der Waals surface area contributed by atoms with E-state index in [0.717, 1.165) is 16.9 Å². The fourth-order valence-corrected chi connectivity index (χ4v) is 3.90. The van der Waals surface area contributed by atoms with Crippen LogP contribution < -0.4 is 10.3 Å². The van der Waals surface area contributed by atoms with E-state index in [0.29, 0.717) is 23.2 Å². The zero-order valence-corrected chi connectivity index (χ0v) is 16.4. The van der Waals surface area contributed by atoms with Crippen LogP contribution in [0.5, 0.6) is 5.75 Å². The third kappa shape index (κ3) is 3.73. The van der Waals surface area contributed by atoms with Gasteiger partial charge in [0.25, 0.3) is 5.56 Å². The number of carbonyl (C=O) groups is 1. The van der Waals surface area contributed by atoms with E-state index in [1.165, 1.54) is 22.2 Å². The van der Waals surface area contributed by atoms with E-state index in [9.17, 15) is 9.59 Å². The lowest BCUT2D eigenvalue weighted by Gasteiger charge is -2.16. The van der Waals surface area contributed by atoms with Crippen molar-refractivity contribution in [3.05, 3.63) is 46.3 Å². The molecule has 0 aliphatic carbocycles. The van der Waals surface area contributed by atoms with Gasteiger partial charge >= 0.3 is 5.97 Å². The predicted octanol–water partition coefficient (Wildman–Crippen LogP) is 4.04. The molecule has 0 bridgehead atoms. The number of aromatic nitrogens is 2. The molecule has 0 aliphatic heterocycles. The topological polar surface area (TPSA) is 70.4 Å². The van der Waals surface area contributed by atoms with Gasteiger partial charge < -0.3 is 9.47 Å². The largest absolute Gasteiger partial charge is 0.494 e. The summed E-state index contributed by atoms with van der Waals surface area (Å²) in [5.41, 5.74) is 1.49. The van der Waals surface area contributed by atoms with Crippen molar-refractivity contribution in [3.63, 3.8) is 0 Å². The first-order valence-electron chi connectivity index (χ1n) is 8.98. The third-order valence-electron chi connectivity index (χ3n) is 4.28. The number of esters is 1. The Morgan fingerprint density at radius 3 is 2.56 bits per heavy atom. The Balaban J connectivity index is 2.09. The minimum atomic E-state index is -0.678. The molecule has 0 saturated heterocycles. The summed E-state index contributed by atoms with van der Waals surface area (Å²) in [6.45, 7) is 6.40. The standard InChI is InChI=1S/C20H22N2O4S/c1-4-16(20(24)26-6-3)22-12-21-18-17(19(22)23)15(11-27-18)13-7-9-14(10-8-13)25-5-2/h7-12,16H,4-6H2,1-3H3/t16-/m1/s1. The minimum Gasteiger partial charge on any atom is -0.494 e. The maximum Gasteiger partial charge on any atom is 0.329 e. The van der Waals surface area contributed by atoms with Crippen molar-refractivity contribution in [2.45, 2.75) is 33.2 Å². The van der Waals surface area contributed by atoms with E-state index in [-0.39, 0.29) is 12.2 Å². The molecule has 7 heteroatoms. The maximum absolute atomic E-state index is 13.2. The highest BCUT2D eigenvalue weighted by molar-refractivity contribution is 7.17. The third-order valence-corrected chi connectivity index (χ3v) is 5.16. The lowest BCUT2D eigenvalue weighted by molar-refractivity contribution is -0.147. The second-order valence-electron chi connectivity index (χ2n) is 5.92. The van der Waals surface area contributed by atoms with Gasteiger partial charge in [-0.05, 0) is 38.0 Å². The van der Waals surface area contributed by atoms with Crippen LogP contribution >= 0.6 is 11.3 Å². The van der Waals surface area contributed by atoms with Crippen molar-refractivity contribution < 1.29 is 14.3 Å². The van der Waals surface area contributed by atoms with Crippen LogP contribution in [0.2, 0.25) is 0 Å². The summed E-state index contributed by atoms with van der Waals surface area (Å²) >= 11 is 1.41. The van der Waals surface area contributed by atoms with Crippen LogP contribution in [0.3, 0.4) is 0 Å². The van der Waals surface area contributed by atoms with Gasteiger partial charge in [-0.25, -0.2) is 9.78 Å². The molecule has 3 aromatic rings. The Bertz CT molecular complexity index is 991. The number of benzene rings is 1. The molecule has 1 aromatic carbocycles. The lowest BCUT2D eigenvalue weighted by Crippen LogP contribution is -2.31. The minimum absolute atomic E-state index is 0.231. The van der Waals surface area contributed by atoms with E-state index >= 15 is 0 Å². The van der Waals surface area contributed by atoms with Gasteiger partial charge in [-0.15, -0.1) is 11.3 Å². The van der Waals surface area contributed by atoms with Gasteiger partial charge in [0.05, 0.1) is 24.9 Å². The molecule has 142 valence electrons. The van der Waals surface area contributed by atoms with Crippen molar-refractivity contribution in [2.75, 3.05) is 13.2 Å². The molecule has 0 radical (unpaired) electrons. The fourth-order valence-electron chi connectivity index (χ4n) is 2.99. The molecule has 0 saturated carbocycles. The average molecular weight is 386 g/mol. The van der Waals surface area contributed by atoms with Crippen LogP contribution in [-0.2, 0) is 9.53 Å². The first-order chi connectivity index (χ1) is 13.1. The zero-order chi connectivity index (χ0) is 19.4. The van der Waals surface area contributed by atoms with Gasteiger partial charge in [0, 0.05) is 10.9 Å². The summed E-state index contributed by atoms with van der Waals surface area (Å²) < 4.78 is 12.0. The normalized spacial score (nSPS) is 12.1. The van der Waals surface area contributed by atoms with E-state index < -0.39 is 12.0 Å². The average Bonchev–Trinajstić information content (AvgIpc) is 3.10. The number of carbonyl (C=O) groups excluding carboxylic acids is 1. The number of fused-ring (bicyclic) bond motifs is 1. The Labute approximate surface area is 161 Å². The number of hydrogen-bond donors (Lipinski definition) is 0. The fraction of sp³-hybridized carbons (Fsp3) is 0.350. The van der Waals surface area contributed by atoms with E-state index in [4.69, 9.17) is 9.47 Å². The highest BCUT2D eigenvalue weighted by Crippen LogP contribution is 2.32. The van der Waals surface area contributed by atoms with Crippen molar-refractivity contribution in [2.24, 2.45) is 0 Å². The Hall–Kier alpha value is -2.67. The summed E-state index contributed by atoms with van der Waals surface area (Å²) in [6.07, 6.45) is 1.89. The van der Waals surface area contributed by atoms with Crippen molar-refractivity contribution in [1.82, 2.24) is 9.55 Å². The van der Waals surface area contributed by atoms with Gasteiger partial charge in [-0.2, -0.15) is 0 Å². The van der Waals surface area contributed by atoms with Crippen molar-refractivity contribution >= 4 is 27.5 Å². The molecular formula is C20H22N2O4S. The molecule has 27 heavy (non-hydrogen) atoms. The Kier molecular flexibility index (Phi) is 5.91. The van der Waals surface area contributed by atoms with Gasteiger partial charge in [0.1, 0.15) is 16.6 Å². The quantitative estimate of drug-likeness (QED) is 0.573. The summed E-state index contributed by atoms with van der Waals surface area (Å²) in [5, 5.41) is 2.44. The van der Waals surface area contributed by atoms with Crippen LogP contribution in [0.15, 0.2) is 40.8 Å². The Morgan fingerprint density at radius 2 is 1.93 bits per heavy atom. The summed E-state index contributed by atoms with van der Waals surface area (Å²) in [6, 6.07) is 6.93. The number of thiophene rings is 1. The molecule has 1 atom stereocenters. The molecule has 2 heterocycles. The molecule has 0 amide bonds. The van der Waals surface area contributed by atoms with Crippen molar-refractivity contribution in [3.8, 4) is 16.9 Å². The highest BCUT2D eigenvalue weighted by atomic mass is 32.1. The highest BCUT2D eigenvalue weighted by Gasteiger charge is 2.23. The molecule has 2 aromatic heterocycles. The maximum atomic E-state index is 13.2. The first-order valence-corrected chi connectivity index (χ1v) is 9.86. The first kappa shape index (κ1) is 19.1. The molecule has 0 N–H and O–H groups in total. The summed E-state index contributed by atoms with van der Waals surface area (Å²) in [4.78, 5) is 30.4. The summed E-state index contributed by atoms with van der Waals surface area (Å²) in [5.74, 6) is 0.366. The van der Waals surface area contributed by atoms with Gasteiger partial charge in [-0.1, -0.05) is 19.1 Å². The molecule has 0 unspecified atom stereocenters. The van der Waals surface area contributed by atoms with E-state index in [1.54, 1.807) is 6.92 Å². The van der Waals surface area contributed by atoms with Crippen LogP contribution in [0, 0.1) is 0 Å². The van der Waals surface area contributed by atoms with E-state index in [2.05, 4.69) is 4.98 Å². The van der Waals surface area contributed by atoms with Crippen molar-refractivity contribution in [1.29, 1.82) is 0 Å². The van der Waals surface area contributed by atoms with Crippen LogP contribution in [0.25, 0.3) is 21.3 Å². The Morgan fingerprint density at radius 1 is 1.19 bits per heavy atom. The van der Waals surface area contributed by atoms with Gasteiger partial charge in [0.15, 0.2) is 0 Å². The molecule has 0 fully saturated rings. The number of rotatable bonds is 7. The van der Waals surface area contributed by atoms with Gasteiger partial charge in [0.2, 0.25) is 0 Å². The summed E-state index contributed by atoms with van der Waals surface area (Å²) in [7, 11) is 0. The van der Waals surface area contributed by atoms with Crippen LogP contribution in [0.1, 0.15) is 33.2 Å². The predicted molar refractivity (Wildman–Crippen MR) is 106 cm³/mol. The molecule has 6 nitrogen and oxygen atoms in total. The van der Waals surface area contributed by atoms with Crippen LogP contribution in [0.4, 0.5) is 0 Å². The zero-order valence-electron chi connectivity index (χ0n) is 15.6. The number of ether oxygens (including phenoxy) is 2. The molecule has 0 aliphatic rings. The monoisotopic (exact) mass is 386 g/mol. The number of nitrogens with zero attached hydrogens (tertiary/aromatic N) is 2. The molecular weight excluding hydrogens is 364 g/mol. The lowest BCUT2D eigenvalue weighted by atomic mass is 10.1. The molecule has 0 spiro atoms. The molecule has 3 rings (SSSR count). The SMILES string of the molecule is CCOC(=O)[C@@H](CC)n1cnc2scc(-c3ccc(OCC)cc3)c2c1=O. The van der Waals surface area contributed by atoms with Crippen LogP contribution in [-0.4, -0.2) is 28.7 Å². The number of hydrogen-bond acceptors (Lipinski definition) is 6. The smallest absolute Gasteiger partial charge is 0.329 e. The van der Waals surface area contributed by atoms with E-state index in [1.807, 2.05) is 43.5 Å².